The molecule has 2 heterocycles. The average molecular weight is 284 g/mol. The predicted octanol–water partition coefficient (Wildman–Crippen LogP) is 0.925. The minimum absolute atomic E-state index is 0.00717. The van der Waals surface area contributed by atoms with Gasteiger partial charge in [0.1, 0.15) is 0 Å². The van der Waals surface area contributed by atoms with E-state index in [9.17, 15) is 14.7 Å². The van der Waals surface area contributed by atoms with Gasteiger partial charge in [-0.15, -0.1) is 0 Å². The second kappa shape index (κ2) is 4.95. The summed E-state index contributed by atoms with van der Waals surface area (Å²) in [6.45, 7) is 6.48. The van der Waals surface area contributed by atoms with E-state index in [1.54, 1.807) is 19.9 Å². The van der Waals surface area contributed by atoms with Gasteiger partial charge < -0.3 is 19.3 Å². The van der Waals surface area contributed by atoms with E-state index in [0.717, 1.165) is 0 Å². The van der Waals surface area contributed by atoms with Crippen molar-refractivity contribution in [1.82, 2.24) is 0 Å². The number of ketones is 2. The number of aliphatic hydroxyl groups is 1. The van der Waals surface area contributed by atoms with Gasteiger partial charge in [-0.05, 0) is 19.9 Å². The lowest BCUT2D eigenvalue weighted by Gasteiger charge is -2.35. The molecule has 0 spiro atoms. The lowest BCUT2D eigenvalue weighted by Crippen LogP contribution is -2.47. The number of hydrogen-bond donors (Lipinski definition) is 1. The number of carbonyl (C=O) groups is 2. The molecular weight excluding hydrogens is 264 g/mol. The molecule has 1 fully saturated rings. The Hall–Kier alpha value is -1.24. The van der Waals surface area contributed by atoms with Crippen molar-refractivity contribution in [3.05, 3.63) is 11.8 Å². The Balaban J connectivity index is 2.26. The summed E-state index contributed by atoms with van der Waals surface area (Å²) in [5, 5.41) is 10.3. The first-order valence-electron chi connectivity index (χ1n) is 6.60. The Morgan fingerprint density at radius 3 is 2.45 bits per heavy atom. The van der Waals surface area contributed by atoms with Gasteiger partial charge in [-0.25, -0.2) is 0 Å². The molecule has 1 saturated heterocycles. The van der Waals surface area contributed by atoms with Gasteiger partial charge in [0.15, 0.2) is 17.3 Å². The highest BCUT2D eigenvalue weighted by atomic mass is 16.7. The molecule has 0 bridgehead atoms. The van der Waals surface area contributed by atoms with Crippen molar-refractivity contribution in [2.45, 2.75) is 51.8 Å². The third-order valence-corrected chi connectivity index (χ3v) is 3.56. The van der Waals surface area contributed by atoms with Crippen LogP contribution in [-0.4, -0.2) is 41.0 Å². The summed E-state index contributed by atoms with van der Waals surface area (Å²) in [6, 6.07) is 0. The maximum absolute atomic E-state index is 11.6. The summed E-state index contributed by atoms with van der Waals surface area (Å²) in [7, 11) is 0. The van der Waals surface area contributed by atoms with E-state index in [1.807, 2.05) is 0 Å². The fourth-order valence-electron chi connectivity index (χ4n) is 2.40. The number of allylic oxidation sites excluding steroid dienone is 1. The van der Waals surface area contributed by atoms with Crippen molar-refractivity contribution in [2.24, 2.45) is 5.92 Å². The van der Waals surface area contributed by atoms with E-state index in [4.69, 9.17) is 14.2 Å². The Labute approximate surface area is 117 Å². The van der Waals surface area contributed by atoms with Gasteiger partial charge in [0.25, 0.3) is 5.79 Å². The third kappa shape index (κ3) is 2.92. The van der Waals surface area contributed by atoms with Crippen LogP contribution in [-0.2, 0) is 23.8 Å². The van der Waals surface area contributed by atoms with Crippen LogP contribution in [0, 0.1) is 5.92 Å². The van der Waals surface area contributed by atoms with E-state index < -0.39 is 17.4 Å². The molecule has 2 rings (SSSR count). The van der Waals surface area contributed by atoms with Crippen LogP contribution in [0.15, 0.2) is 11.8 Å². The number of hydrogen-bond acceptors (Lipinski definition) is 6. The summed E-state index contributed by atoms with van der Waals surface area (Å²) in [5.74, 6) is -3.89. The molecule has 3 atom stereocenters. The van der Waals surface area contributed by atoms with E-state index in [1.165, 1.54) is 13.8 Å². The minimum Gasteiger partial charge on any atom is -0.452 e. The van der Waals surface area contributed by atoms with E-state index in [2.05, 4.69) is 0 Å². The maximum atomic E-state index is 11.6. The van der Waals surface area contributed by atoms with E-state index >= 15 is 0 Å². The maximum Gasteiger partial charge on any atom is 0.268 e. The largest absolute Gasteiger partial charge is 0.452 e. The van der Waals surface area contributed by atoms with Crippen molar-refractivity contribution in [3.63, 3.8) is 0 Å². The van der Waals surface area contributed by atoms with Crippen LogP contribution in [0.3, 0.4) is 0 Å². The summed E-state index contributed by atoms with van der Waals surface area (Å²) in [5.41, 5.74) is 0. The summed E-state index contributed by atoms with van der Waals surface area (Å²) < 4.78 is 16.4. The lowest BCUT2D eigenvalue weighted by molar-refractivity contribution is -0.205. The van der Waals surface area contributed by atoms with Crippen LogP contribution in [0.2, 0.25) is 0 Å². The molecule has 0 radical (unpaired) electrons. The zero-order chi connectivity index (χ0) is 15.1. The smallest absolute Gasteiger partial charge is 0.268 e. The van der Waals surface area contributed by atoms with Crippen LogP contribution < -0.4 is 0 Å². The highest BCUT2D eigenvalue weighted by molar-refractivity contribution is 5.93. The standard InChI is InChI=1S/C14H20O6/c1-8(15)11-5-10(6-14(17,20-11)9(2)16)12-7-18-13(3,4)19-12/h5,10,12,17H,6-7H2,1-4H3. The normalized spacial score (nSPS) is 36.1. The van der Waals surface area contributed by atoms with Gasteiger partial charge >= 0.3 is 0 Å². The predicted molar refractivity (Wildman–Crippen MR) is 68.5 cm³/mol. The molecule has 0 aliphatic carbocycles. The quantitative estimate of drug-likeness (QED) is 0.830. The monoisotopic (exact) mass is 284 g/mol. The van der Waals surface area contributed by atoms with Crippen molar-refractivity contribution < 1.29 is 28.9 Å². The van der Waals surface area contributed by atoms with Crippen LogP contribution in [0.5, 0.6) is 0 Å². The minimum atomic E-state index is -1.98. The molecule has 1 N–H and O–H groups in total. The van der Waals surface area contributed by atoms with Crippen LogP contribution in [0.4, 0.5) is 0 Å². The first-order valence-corrected chi connectivity index (χ1v) is 6.60. The van der Waals surface area contributed by atoms with Gasteiger partial charge in [0.2, 0.25) is 5.78 Å². The molecule has 2 aliphatic heterocycles. The average Bonchev–Trinajstić information content (AvgIpc) is 2.69. The number of ether oxygens (including phenoxy) is 3. The molecule has 112 valence electrons. The highest BCUT2D eigenvalue weighted by Crippen LogP contribution is 2.37. The third-order valence-electron chi connectivity index (χ3n) is 3.56. The topological polar surface area (TPSA) is 82.1 Å². The Kier molecular flexibility index (Phi) is 3.75. The van der Waals surface area contributed by atoms with Crippen LogP contribution in [0.1, 0.15) is 34.1 Å². The highest BCUT2D eigenvalue weighted by Gasteiger charge is 2.47. The Bertz CT molecular complexity index is 466. The van der Waals surface area contributed by atoms with Gasteiger partial charge in [-0.1, -0.05) is 0 Å². The summed E-state index contributed by atoms with van der Waals surface area (Å²) >= 11 is 0. The van der Waals surface area contributed by atoms with E-state index in [0.29, 0.717) is 6.61 Å². The van der Waals surface area contributed by atoms with Crippen LogP contribution >= 0.6 is 0 Å². The SMILES string of the molecule is CC(=O)C1=CC(C2COC(C)(C)O2)CC(O)(C(C)=O)O1. The first kappa shape index (κ1) is 15.2. The Morgan fingerprint density at radius 2 is 2.00 bits per heavy atom. The van der Waals surface area contributed by atoms with Crippen molar-refractivity contribution in [2.75, 3.05) is 6.61 Å². The zero-order valence-corrected chi connectivity index (χ0v) is 12.1. The second-order valence-electron chi connectivity index (χ2n) is 5.76. The number of rotatable bonds is 3. The van der Waals surface area contributed by atoms with Gasteiger partial charge in [-0.3, -0.25) is 9.59 Å². The molecule has 3 unspecified atom stereocenters. The first-order chi connectivity index (χ1) is 9.13. The molecule has 0 aromatic rings. The molecule has 6 heteroatoms. The molecule has 2 aliphatic rings. The summed E-state index contributed by atoms with van der Waals surface area (Å²) in [6.07, 6.45) is 1.33. The molecule has 0 aromatic heterocycles. The fraction of sp³-hybridized carbons (Fsp3) is 0.714. The van der Waals surface area contributed by atoms with Crippen molar-refractivity contribution in [3.8, 4) is 0 Å². The van der Waals surface area contributed by atoms with Gasteiger partial charge in [0, 0.05) is 26.2 Å². The molecule has 0 amide bonds. The molecule has 0 saturated carbocycles. The lowest BCUT2D eigenvalue weighted by atomic mass is 9.88. The van der Waals surface area contributed by atoms with Gasteiger partial charge in [0.05, 0.1) is 12.7 Å². The molecular formula is C14H20O6. The van der Waals surface area contributed by atoms with Crippen LogP contribution in [0.25, 0.3) is 0 Å². The molecule has 6 nitrogen and oxygen atoms in total. The van der Waals surface area contributed by atoms with Gasteiger partial charge in [-0.2, -0.15) is 0 Å². The molecule has 20 heavy (non-hydrogen) atoms. The van der Waals surface area contributed by atoms with E-state index in [-0.39, 0.29) is 30.0 Å². The second-order valence-corrected chi connectivity index (χ2v) is 5.76. The fourth-order valence-corrected chi connectivity index (χ4v) is 2.40. The zero-order valence-electron chi connectivity index (χ0n) is 12.1. The summed E-state index contributed by atoms with van der Waals surface area (Å²) in [4.78, 5) is 23.1. The number of Topliss-reactive ketones (excluding diaryl/α,β-unsaturated/α-hetero) is 2. The molecule has 0 aromatic carbocycles. The van der Waals surface area contributed by atoms with Crippen molar-refractivity contribution >= 4 is 11.6 Å². The van der Waals surface area contributed by atoms with Crippen molar-refractivity contribution in [1.29, 1.82) is 0 Å². The Morgan fingerprint density at radius 1 is 1.35 bits per heavy atom. The number of carbonyl (C=O) groups excluding carboxylic acids is 2.